The summed E-state index contributed by atoms with van der Waals surface area (Å²) in [5.41, 5.74) is 4.22. The summed E-state index contributed by atoms with van der Waals surface area (Å²) >= 11 is 6.36. The maximum atomic E-state index is 13.2. The van der Waals surface area contributed by atoms with E-state index in [2.05, 4.69) is 15.0 Å². The molecule has 5 rings (SSSR count). The lowest BCUT2D eigenvalue weighted by Crippen LogP contribution is -2.36. The third-order valence-corrected chi connectivity index (χ3v) is 8.04. The second-order valence-electron chi connectivity index (χ2n) is 10.2. The Morgan fingerprint density at radius 2 is 1.78 bits per heavy atom. The number of halogens is 1. The molecule has 0 radical (unpaired) electrons. The maximum absolute atomic E-state index is 13.2. The van der Waals surface area contributed by atoms with E-state index in [4.69, 9.17) is 16.1 Å². The molecular weight excluding hydrogens is 490 g/mol. The number of likely N-dealkylation sites (tertiary alicyclic amines) is 2. The van der Waals surface area contributed by atoms with Crippen LogP contribution in [0.2, 0.25) is 5.02 Å². The van der Waals surface area contributed by atoms with Gasteiger partial charge in [-0.25, -0.2) is 0 Å². The number of hydrogen-bond donors (Lipinski definition) is 0. The number of pyridine rings is 1. The third kappa shape index (κ3) is 5.26. The Kier molecular flexibility index (Phi) is 7.31. The van der Waals surface area contributed by atoms with Gasteiger partial charge < -0.3 is 19.2 Å². The van der Waals surface area contributed by atoms with Gasteiger partial charge in [-0.2, -0.15) is 0 Å². The Balaban J connectivity index is 1.18. The van der Waals surface area contributed by atoms with Crippen molar-refractivity contribution in [2.24, 2.45) is 11.8 Å². The van der Waals surface area contributed by atoms with Crippen LogP contribution in [0, 0.1) is 32.6 Å². The number of hydrogen-bond acceptors (Lipinski definition) is 6. The van der Waals surface area contributed by atoms with Crippen LogP contribution in [0.25, 0.3) is 0 Å². The van der Waals surface area contributed by atoms with E-state index >= 15 is 0 Å². The number of aryl methyl sites for hydroxylation is 3. The summed E-state index contributed by atoms with van der Waals surface area (Å²) in [6, 6.07) is 9.13. The molecule has 2 amide bonds. The third-order valence-electron chi connectivity index (χ3n) is 7.63. The molecule has 3 aromatic rings. The molecule has 0 aliphatic carbocycles. The molecule has 194 valence electrons. The van der Waals surface area contributed by atoms with Crippen LogP contribution in [0.4, 0.5) is 5.69 Å². The van der Waals surface area contributed by atoms with Gasteiger partial charge in [0.1, 0.15) is 0 Å². The second-order valence-corrected chi connectivity index (χ2v) is 10.6. The second kappa shape index (κ2) is 10.6. The smallest absolute Gasteiger partial charge is 0.296 e. The molecule has 0 spiro atoms. The monoisotopic (exact) mass is 521 g/mol. The standard InChI is InChI=1S/C28H32ClN5O3/c1-18-5-6-23(13-24(18)29)34(27(35)25-8-10-31-37-25)12-4-11-32-14-21-16-33(17-22(21)15-32)28(36)26-19(2)7-9-30-20(26)3/h5-10,13,21-22H,4,11-12,14-17H2,1-3H3. The lowest BCUT2D eigenvalue weighted by molar-refractivity contribution is 0.0772. The predicted octanol–water partition coefficient (Wildman–Crippen LogP) is 4.39. The number of nitrogens with zero attached hydrogens (tertiary/aromatic N) is 5. The van der Waals surface area contributed by atoms with Crippen molar-refractivity contribution in [2.75, 3.05) is 44.2 Å². The Hall–Kier alpha value is -3.23. The maximum Gasteiger partial charge on any atom is 0.296 e. The lowest BCUT2D eigenvalue weighted by atomic mass is 10.0. The number of amides is 2. The van der Waals surface area contributed by atoms with Crippen LogP contribution in [0.5, 0.6) is 0 Å². The molecule has 2 saturated heterocycles. The van der Waals surface area contributed by atoms with E-state index in [1.165, 1.54) is 6.20 Å². The van der Waals surface area contributed by atoms with E-state index in [9.17, 15) is 9.59 Å². The Morgan fingerprint density at radius 1 is 1.03 bits per heavy atom. The summed E-state index contributed by atoms with van der Waals surface area (Å²) in [5.74, 6) is 1.03. The van der Waals surface area contributed by atoms with Crippen LogP contribution in [0.3, 0.4) is 0 Å². The minimum Gasteiger partial charge on any atom is -0.351 e. The minimum absolute atomic E-state index is 0.0994. The SMILES string of the molecule is Cc1ccc(N(CCCN2CC3CN(C(=O)c4c(C)ccnc4C)CC3C2)C(=O)c2ccno2)cc1Cl. The zero-order chi connectivity index (χ0) is 26.1. The summed E-state index contributed by atoms with van der Waals surface area (Å²) in [4.78, 5) is 36.8. The molecule has 2 fully saturated rings. The molecule has 1 aromatic carbocycles. The fraction of sp³-hybridized carbons (Fsp3) is 0.429. The van der Waals surface area contributed by atoms with Crippen molar-refractivity contribution in [3.8, 4) is 0 Å². The van der Waals surface area contributed by atoms with Gasteiger partial charge in [0.25, 0.3) is 11.8 Å². The van der Waals surface area contributed by atoms with E-state index < -0.39 is 0 Å². The number of fused-ring (bicyclic) bond motifs is 1. The quantitative estimate of drug-likeness (QED) is 0.458. The van der Waals surface area contributed by atoms with Gasteiger partial charge in [0.2, 0.25) is 5.76 Å². The van der Waals surface area contributed by atoms with Crippen molar-refractivity contribution in [1.82, 2.24) is 19.9 Å². The fourth-order valence-corrected chi connectivity index (χ4v) is 5.80. The number of rotatable bonds is 7. The minimum atomic E-state index is -0.231. The van der Waals surface area contributed by atoms with Crippen molar-refractivity contribution in [3.05, 3.63) is 75.9 Å². The highest BCUT2D eigenvalue weighted by Gasteiger charge is 2.42. The molecule has 0 bridgehead atoms. The van der Waals surface area contributed by atoms with Crippen molar-refractivity contribution in [1.29, 1.82) is 0 Å². The highest BCUT2D eigenvalue weighted by Crippen LogP contribution is 2.33. The van der Waals surface area contributed by atoms with Crippen molar-refractivity contribution in [2.45, 2.75) is 27.2 Å². The van der Waals surface area contributed by atoms with E-state index in [-0.39, 0.29) is 17.6 Å². The average molecular weight is 522 g/mol. The van der Waals surface area contributed by atoms with Crippen LogP contribution >= 0.6 is 11.6 Å². The molecule has 2 aliphatic rings. The number of carbonyl (C=O) groups is 2. The molecule has 0 N–H and O–H groups in total. The first-order chi connectivity index (χ1) is 17.8. The van der Waals surface area contributed by atoms with Gasteiger partial charge in [-0.1, -0.05) is 22.8 Å². The van der Waals surface area contributed by atoms with E-state index in [1.54, 1.807) is 17.2 Å². The molecule has 4 heterocycles. The first kappa shape index (κ1) is 25.4. The van der Waals surface area contributed by atoms with Crippen LogP contribution in [-0.2, 0) is 0 Å². The van der Waals surface area contributed by atoms with Gasteiger partial charge in [-0.3, -0.25) is 14.6 Å². The van der Waals surface area contributed by atoms with Crippen LogP contribution in [0.15, 0.2) is 47.2 Å². The number of aromatic nitrogens is 2. The van der Waals surface area contributed by atoms with Gasteiger partial charge in [0.05, 0.1) is 17.5 Å². The Morgan fingerprint density at radius 3 is 2.43 bits per heavy atom. The summed E-state index contributed by atoms with van der Waals surface area (Å²) in [6.45, 7) is 10.7. The molecular formula is C28H32ClN5O3. The van der Waals surface area contributed by atoms with Crippen LogP contribution in [-0.4, -0.2) is 71.0 Å². The predicted molar refractivity (Wildman–Crippen MR) is 142 cm³/mol. The Bertz CT molecular complexity index is 1260. The van der Waals surface area contributed by atoms with Crippen LogP contribution in [0.1, 0.15) is 44.2 Å². The number of anilines is 1. The molecule has 8 nitrogen and oxygen atoms in total. The highest BCUT2D eigenvalue weighted by molar-refractivity contribution is 6.31. The van der Waals surface area contributed by atoms with Crippen molar-refractivity contribution >= 4 is 29.1 Å². The molecule has 37 heavy (non-hydrogen) atoms. The van der Waals surface area contributed by atoms with E-state index in [1.807, 2.05) is 49.9 Å². The average Bonchev–Trinajstić information content (AvgIpc) is 3.60. The molecule has 2 unspecified atom stereocenters. The highest BCUT2D eigenvalue weighted by atomic mass is 35.5. The first-order valence-corrected chi connectivity index (χ1v) is 13.1. The normalized spacial score (nSPS) is 19.3. The van der Waals surface area contributed by atoms with Gasteiger partial charge >= 0.3 is 0 Å². The molecule has 2 atom stereocenters. The summed E-state index contributed by atoms with van der Waals surface area (Å²) in [5, 5.41) is 4.31. The van der Waals surface area contributed by atoms with E-state index in [0.29, 0.717) is 23.4 Å². The van der Waals surface area contributed by atoms with Gasteiger partial charge in [0, 0.05) is 55.7 Å². The number of carbonyl (C=O) groups excluding carboxylic acids is 2. The molecule has 2 aliphatic heterocycles. The molecule has 2 aromatic heterocycles. The van der Waals surface area contributed by atoms with Gasteiger partial charge in [0.15, 0.2) is 0 Å². The Labute approximate surface area is 222 Å². The summed E-state index contributed by atoms with van der Waals surface area (Å²) in [6.07, 6.45) is 4.04. The molecule has 9 heteroatoms. The van der Waals surface area contributed by atoms with Crippen LogP contribution < -0.4 is 4.90 Å². The van der Waals surface area contributed by atoms with Crippen molar-refractivity contribution < 1.29 is 14.1 Å². The topological polar surface area (TPSA) is 82.8 Å². The summed E-state index contributed by atoms with van der Waals surface area (Å²) in [7, 11) is 0. The first-order valence-electron chi connectivity index (χ1n) is 12.7. The lowest BCUT2D eigenvalue weighted by Gasteiger charge is -2.25. The summed E-state index contributed by atoms with van der Waals surface area (Å²) < 4.78 is 5.14. The van der Waals surface area contributed by atoms with E-state index in [0.717, 1.165) is 67.2 Å². The fourth-order valence-electron chi connectivity index (χ4n) is 5.62. The largest absolute Gasteiger partial charge is 0.351 e. The molecule has 0 saturated carbocycles. The zero-order valence-corrected chi connectivity index (χ0v) is 22.2. The zero-order valence-electron chi connectivity index (χ0n) is 21.5. The van der Waals surface area contributed by atoms with Gasteiger partial charge in [-0.15, -0.1) is 0 Å². The van der Waals surface area contributed by atoms with Gasteiger partial charge in [-0.05, 0) is 74.9 Å². The number of benzene rings is 1. The van der Waals surface area contributed by atoms with Crippen molar-refractivity contribution in [3.63, 3.8) is 0 Å².